The Bertz CT molecular complexity index is 198. The number of hydrogen-bond acceptors (Lipinski definition) is 4. The van der Waals surface area contributed by atoms with Gasteiger partial charge in [0, 0.05) is 5.92 Å². The van der Waals surface area contributed by atoms with E-state index in [1.165, 1.54) is 0 Å². The van der Waals surface area contributed by atoms with Gasteiger partial charge in [-0.05, 0) is 0 Å². The van der Waals surface area contributed by atoms with Crippen molar-refractivity contribution in [3.8, 4) is 0 Å². The summed E-state index contributed by atoms with van der Waals surface area (Å²) in [7, 11) is 0. The molecule has 0 aromatic carbocycles. The van der Waals surface area contributed by atoms with Gasteiger partial charge in [0.25, 0.3) is 0 Å². The standard InChI is InChI=1S/C7H10O4.Na/c1-4(2)5(8)3-6(9)7(10)11;/h4H,3H2,1-2H3,(H,10,11);/q;+1/p-1. The van der Waals surface area contributed by atoms with Gasteiger partial charge in [-0.1, -0.05) is 13.8 Å². The molecule has 0 aromatic heterocycles. The Morgan fingerprint density at radius 3 is 1.92 bits per heavy atom. The molecule has 0 aliphatic carbocycles. The van der Waals surface area contributed by atoms with Gasteiger partial charge >= 0.3 is 29.6 Å². The van der Waals surface area contributed by atoms with Crippen molar-refractivity contribution in [1.82, 2.24) is 0 Å². The average Bonchev–Trinajstić information content (AvgIpc) is 1.87. The van der Waals surface area contributed by atoms with E-state index in [2.05, 4.69) is 0 Å². The van der Waals surface area contributed by atoms with Gasteiger partial charge in [0.15, 0.2) is 5.78 Å². The van der Waals surface area contributed by atoms with Crippen molar-refractivity contribution in [1.29, 1.82) is 0 Å². The minimum atomic E-state index is -1.79. The van der Waals surface area contributed by atoms with Crippen LogP contribution in [0.15, 0.2) is 0 Å². The van der Waals surface area contributed by atoms with Gasteiger partial charge in [0.2, 0.25) is 0 Å². The summed E-state index contributed by atoms with van der Waals surface area (Å²) in [5.74, 6) is -3.62. The number of Topliss-reactive ketones (excluding diaryl/α,β-unsaturated/α-hetero) is 2. The van der Waals surface area contributed by atoms with E-state index in [0.29, 0.717) is 0 Å². The van der Waals surface area contributed by atoms with Crippen LogP contribution in [0.25, 0.3) is 0 Å². The monoisotopic (exact) mass is 180 g/mol. The van der Waals surface area contributed by atoms with Gasteiger partial charge in [-0.3, -0.25) is 9.59 Å². The Kier molecular flexibility index (Phi) is 7.58. The topological polar surface area (TPSA) is 74.3 Å². The second-order valence-corrected chi connectivity index (χ2v) is 2.51. The fraction of sp³-hybridized carbons (Fsp3) is 0.571. The van der Waals surface area contributed by atoms with Gasteiger partial charge in [-0.15, -0.1) is 0 Å². The molecule has 0 rings (SSSR count). The predicted molar refractivity (Wildman–Crippen MR) is 34.5 cm³/mol. The quantitative estimate of drug-likeness (QED) is 0.250. The molecule has 0 N–H and O–H groups in total. The third-order valence-corrected chi connectivity index (χ3v) is 1.21. The molecule has 5 heteroatoms. The zero-order chi connectivity index (χ0) is 9.02. The van der Waals surface area contributed by atoms with E-state index in [4.69, 9.17) is 0 Å². The van der Waals surface area contributed by atoms with E-state index in [9.17, 15) is 19.5 Å². The smallest absolute Gasteiger partial charge is 0.542 e. The third kappa shape index (κ3) is 5.46. The number of hydrogen-bond donors (Lipinski definition) is 0. The second kappa shape index (κ2) is 6.34. The van der Waals surface area contributed by atoms with Crippen LogP contribution in [-0.2, 0) is 14.4 Å². The van der Waals surface area contributed by atoms with E-state index in [1.54, 1.807) is 13.8 Å². The van der Waals surface area contributed by atoms with E-state index >= 15 is 0 Å². The van der Waals surface area contributed by atoms with E-state index in [0.717, 1.165) is 0 Å². The summed E-state index contributed by atoms with van der Waals surface area (Å²) in [5, 5.41) is 9.84. The molecule has 0 saturated carbocycles. The van der Waals surface area contributed by atoms with Crippen molar-refractivity contribution in [2.75, 3.05) is 0 Å². The van der Waals surface area contributed by atoms with Gasteiger partial charge in [0.05, 0.1) is 6.42 Å². The van der Waals surface area contributed by atoms with Crippen LogP contribution in [0.3, 0.4) is 0 Å². The fourth-order valence-electron chi connectivity index (χ4n) is 0.435. The molecule has 0 aliphatic heterocycles. The van der Waals surface area contributed by atoms with Crippen molar-refractivity contribution >= 4 is 17.5 Å². The largest absolute Gasteiger partial charge is 1.00 e. The first kappa shape index (κ1) is 14.3. The maximum Gasteiger partial charge on any atom is 1.00 e. The van der Waals surface area contributed by atoms with Gasteiger partial charge in [0.1, 0.15) is 11.8 Å². The minimum Gasteiger partial charge on any atom is -0.542 e. The summed E-state index contributed by atoms with van der Waals surface area (Å²) < 4.78 is 0. The average molecular weight is 180 g/mol. The summed E-state index contributed by atoms with van der Waals surface area (Å²) in [6.07, 6.45) is -0.556. The SMILES string of the molecule is CC(C)C(=O)CC(=O)C(=O)[O-].[Na+]. The number of carboxylic acid groups (broad SMARTS) is 1. The van der Waals surface area contributed by atoms with Gasteiger partial charge in [-0.2, -0.15) is 0 Å². The normalized spacial score (nSPS) is 8.92. The second-order valence-electron chi connectivity index (χ2n) is 2.51. The van der Waals surface area contributed by atoms with Crippen LogP contribution in [0.4, 0.5) is 0 Å². The summed E-state index contributed by atoms with van der Waals surface area (Å²) in [6.45, 7) is 3.20. The number of carbonyl (C=O) groups is 3. The molecule has 0 atom stereocenters. The zero-order valence-corrected chi connectivity index (χ0v) is 9.42. The molecule has 0 amide bonds. The molecule has 0 unspecified atom stereocenters. The molecule has 0 fully saturated rings. The van der Waals surface area contributed by atoms with Crippen molar-refractivity contribution in [2.45, 2.75) is 20.3 Å². The molecule has 4 nitrogen and oxygen atoms in total. The molecular weight excluding hydrogens is 171 g/mol. The molecule has 0 saturated heterocycles. The Hall–Kier alpha value is -0.190. The van der Waals surface area contributed by atoms with Gasteiger partial charge in [-0.25, -0.2) is 0 Å². The first-order valence-electron chi connectivity index (χ1n) is 3.22. The van der Waals surface area contributed by atoms with Crippen LogP contribution >= 0.6 is 0 Å². The van der Waals surface area contributed by atoms with Gasteiger partial charge < -0.3 is 9.90 Å². The molecule has 0 bridgehead atoms. The zero-order valence-electron chi connectivity index (χ0n) is 7.42. The van der Waals surface area contributed by atoms with Crippen LogP contribution in [0.5, 0.6) is 0 Å². The Morgan fingerprint density at radius 2 is 1.67 bits per heavy atom. The van der Waals surface area contributed by atoms with Crippen molar-refractivity contribution in [3.05, 3.63) is 0 Å². The van der Waals surface area contributed by atoms with E-state index in [1.807, 2.05) is 0 Å². The van der Waals surface area contributed by atoms with Crippen LogP contribution in [0.1, 0.15) is 20.3 Å². The summed E-state index contributed by atoms with van der Waals surface area (Å²) in [6, 6.07) is 0. The maximum atomic E-state index is 10.7. The van der Waals surface area contributed by atoms with Crippen LogP contribution in [0.2, 0.25) is 0 Å². The van der Waals surface area contributed by atoms with Crippen molar-refractivity contribution in [3.63, 3.8) is 0 Å². The van der Waals surface area contributed by atoms with E-state index in [-0.39, 0.29) is 41.3 Å². The number of ketones is 2. The maximum absolute atomic E-state index is 10.7. The molecule has 0 radical (unpaired) electrons. The molecule has 62 valence electrons. The molecule has 12 heavy (non-hydrogen) atoms. The van der Waals surface area contributed by atoms with Crippen molar-refractivity contribution < 1.29 is 49.0 Å². The van der Waals surface area contributed by atoms with E-state index < -0.39 is 18.2 Å². The molecule has 0 aromatic rings. The number of carbonyl (C=O) groups excluding carboxylic acids is 3. The van der Waals surface area contributed by atoms with Crippen molar-refractivity contribution in [2.24, 2.45) is 5.92 Å². The summed E-state index contributed by atoms with van der Waals surface area (Å²) in [5.41, 5.74) is 0. The Balaban J connectivity index is 0. The number of aliphatic carboxylic acids is 1. The Labute approximate surface area is 92.6 Å². The predicted octanol–water partition coefficient (Wildman–Crippen LogP) is -4.08. The molecular formula is C7H9NaO4. The number of rotatable bonds is 4. The molecule has 0 heterocycles. The third-order valence-electron chi connectivity index (χ3n) is 1.21. The summed E-state index contributed by atoms with van der Waals surface area (Å²) in [4.78, 5) is 31.0. The Morgan fingerprint density at radius 1 is 1.25 bits per heavy atom. The minimum absolute atomic E-state index is 0. The molecule has 0 spiro atoms. The first-order valence-corrected chi connectivity index (χ1v) is 3.22. The number of carboxylic acids is 1. The van der Waals surface area contributed by atoms with Crippen LogP contribution in [-0.4, -0.2) is 17.5 Å². The first-order chi connectivity index (χ1) is 4.95. The summed E-state index contributed by atoms with van der Waals surface area (Å²) >= 11 is 0. The van der Waals surface area contributed by atoms with Crippen LogP contribution < -0.4 is 34.7 Å². The molecule has 0 aliphatic rings. The van der Waals surface area contributed by atoms with Crippen LogP contribution in [0, 0.1) is 5.92 Å². The fourth-order valence-corrected chi connectivity index (χ4v) is 0.435.